The zero-order valence-electron chi connectivity index (χ0n) is 19.7. The molecule has 0 bridgehead atoms. The largest absolute Gasteiger partial charge is 0.374 e. The van der Waals surface area contributed by atoms with Gasteiger partial charge in [-0.2, -0.15) is 0 Å². The van der Waals surface area contributed by atoms with Gasteiger partial charge in [0.05, 0.1) is 6.04 Å². The number of carbonyl (C=O) groups is 2. The van der Waals surface area contributed by atoms with E-state index < -0.39 is 11.8 Å². The second-order valence-electron chi connectivity index (χ2n) is 9.79. The molecule has 1 unspecified atom stereocenters. The first-order chi connectivity index (χ1) is 15.5. The van der Waals surface area contributed by atoms with Gasteiger partial charge >= 0.3 is 11.8 Å². The van der Waals surface area contributed by atoms with Crippen LogP contribution in [0.3, 0.4) is 0 Å². The van der Waals surface area contributed by atoms with E-state index in [1.807, 2.05) is 0 Å². The van der Waals surface area contributed by atoms with Crippen LogP contribution in [0.4, 0.5) is 5.69 Å². The Morgan fingerprint density at radius 1 is 0.969 bits per heavy atom. The normalized spacial score (nSPS) is 21.6. The molecule has 4 rings (SSSR count). The van der Waals surface area contributed by atoms with Gasteiger partial charge in [0, 0.05) is 58.0 Å². The molecule has 2 heterocycles. The van der Waals surface area contributed by atoms with Crippen molar-refractivity contribution < 1.29 is 9.59 Å². The number of rotatable bonds is 5. The van der Waals surface area contributed by atoms with Crippen LogP contribution in [0.2, 0.25) is 0 Å². The Morgan fingerprint density at radius 3 is 2.47 bits per heavy atom. The Balaban J connectivity index is 1.44. The molecule has 0 aromatic heterocycles. The Kier molecular flexibility index (Phi) is 7.68. The van der Waals surface area contributed by atoms with Crippen LogP contribution in [0.25, 0.3) is 0 Å². The van der Waals surface area contributed by atoms with Crippen LogP contribution >= 0.6 is 0 Å². The molecule has 2 N–H and O–H groups in total. The number of nitrogens with zero attached hydrogens (tertiary/aromatic N) is 3. The van der Waals surface area contributed by atoms with E-state index in [9.17, 15) is 9.59 Å². The molecule has 32 heavy (non-hydrogen) atoms. The second-order valence-corrected chi connectivity index (χ2v) is 9.79. The smallest absolute Gasteiger partial charge is 0.309 e. The molecular formula is C25H39N5O2. The first-order valence-corrected chi connectivity index (χ1v) is 12.4. The summed E-state index contributed by atoms with van der Waals surface area (Å²) < 4.78 is 0. The van der Waals surface area contributed by atoms with Crippen molar-refractivity contribution >= 4 is 17.5 Å². The van der Waals surface area contributed by atoms with E-state index in [0.29, 0.717) is 6.54 Å². The number of aryl methyl sites for hydroxylation is 1. The minimum absolute atomic E-state index is 0.0765. The standard InChI is InChI=1S/C25H39N5O2/c1-28-13-15-30(16-14-28)23(20-10-11-22-19(17-20)7-6-12-29(22)2)18-26-24(31)25(32)27-21-8-4-3-5-9-21/h10-11,17,21,23H,3-9,12-16,18H2,1-2H3,(H,26,31)(H,27,32). The Labute approximate surface area is 192 Å². The summed E-state index contributed by atoms with van der Waals surface area (Å²) in [5, 5.41) is 5.89. The van der Waals surface area contributed by atoms with Gasteiger partial charge in [0.2, 0.25) is 0 Å². The van der Waals surface area contributed by atoms with Crippen molar-refractivity contribution in [2.24, 2.45) is 0 Å². The summed E-state index contributed by atoms with van der Waals surface area (Å²) in [5.41, 5.74) is 3.93. The lowest BCUT2D eigenvalue weighted by molar-refractivity contribution is -0.139. The third-order valence-corrected chi connectivity index (χ3v) is 7.42. The summed E-state index contributed by atoms with van der Waals surface area (Å²) in [4.78, 5) is 32.2. The average molecular weight is 442 g/mol. The second kappa shape index (κ2) is 10.7. The predicted octanol–water partition coefficient (Wildman–Crippen LogP) is 1.92. The van der Waals surface area contributed by atoms with Gasteiger partial charge in [0.1, 0.15) is 0 Å². The number of carbonyl (C=O) groups excluding carboxylic acids is 2. The number of hydrogen-bond acceptors (Lipinski definition) is 5. The molecule has 1 atom stereocenters. The predicted molar refractivity (Wildman–Crippen MR) is 128 cm³/mol. The Morgan fingerprint density at radius 2 is 1.72 bits per heavy atom. The lowest BCUT2D eigenvalue weighted by atomic mass is 9.95. The molecule has 0 spiro atoms. The van der Waals surface area contributed by atoms with Crippen molar-refractivity contribution in [1.29, 1.82) is 0 Å². The zero-order chi connectivity index (χ0) is 22.5. The van der Waals surface area contributed by atoms with Crippen molar-refractivity contribution in [1.82, 2.24) is 20.4 Å². The lowest BCUT2D eigenvalue weighted by Crippen LogP contribution is -2.50. The molecule has 1 aliphatic carbocycles. The van der Waals surface area contributed by atoms with Crippen molar-refractivity contribution in [3.8, 4) is 0 Å². The van der Waals surface area contributed by atoms with Crippen LogP contribution in [0.15, 0.2) is 18.2 Å². The number of piperazine rings is 1. The summed E-state index contributed by atoms with van der Waals surface area (Å²) in [6.07, 6.45) is 7.71. The zero-order valence-corrected chi connectivity index (χ0v) is 19.7. The van der Waals surface area contributed by atoms with Crippen LogP contribution in [0.1, 0.15) is 55.7 Å². The minimum atomic E-state index is -0.507. The number of fused-ring (bicyclic) bond motifs is 1. The van der Waals surface area contributed by atoms with E-state index in [1.54, 1.807) is 0 Å². The van der Waals surface area contributed by atoms with E-state index in [1.165, 1.54) is 29.7 Å². The van der Waals surface area contributed by atoms with Crippen molar-refractivity contribution in [2.45, 2.75) is 57.0 Å². The SMILES string of the molecule is CN1CCN(C(CNC(=O)C(=O)NC2CCCCC2)c2ccc3c(c2)CCCN3C)CC1. The molecule has 1 saturated heterocycles. The van der Waals surface area contributed by atoms with Gasteiger partial charge in [0.25, 0.3) is 0 Å². The van der Waals surface area contributed by atoms with E-state index in [2.05, 4.69) is 57.6 Å². The summed E-state index contributed by atoms with van der Waals surface area (Å²) in [7, 11) is 4.30. The topological polar surface area (TPSA) is 67.9 Å². The van der Waals surface area contributed by atoms with Gasteiger partial charge in [-0.1, -0.05) is 31.4 Å². The summed E-state index contributed by atoms with van der Waals surface area (Å²) in [5.74, 6) is -0.992. The number of amides is 2. The van der Waals surface area contributed by atoms with Gasteiger partial charge in [-0.15, -0.1) is 0 Å². The number of hydrogen-bond donors (Lipinski definition) is 2. The molecule has 7 nitrogen and oxygen atoms in total. The fourth-order valence-electron chi connectivity index (χ4n) is 5.37. The first kappa shape index (κ1) is 23.1. The number of likely N-dealkylation sites (N-methyl/N-ethyl adjacent to an activating group) is 1. The van der Waals surface area contributed by atoms with Crippen LogP contribution in [0, 0.1) is 0 Å². The Bertz CT molecular complexity index is 800. The van der Waals surface area contributed by atoms with Crippen LogP contribution in [0.5, 0.6) is 0 Å². The van der Waals surface area contributed by atoms with Crippen LogP contribution in [-0.4, -0.2) is 81.0 Å². The van der Waals surface area contributed by atoms with E-state index in [-0.39, 0.29) is 12.1 Å². The number of benzene rings is 1. The highest BCUT2D eigenvalue weighted by molar-refractivity contribution is 6.35. The van der Waals surface area contributed by atoms with Crippen LogP contribution < -0.4 is 15.5 Å². The molecule has 1 aromatic carbocycles. The van der Waals surface area contributed by atoms with E-state index in [0.717, 1.165) is 64.8 Å². The molecule has 1 saturated carbocycles. The molecule has 2 fully saturated rings. The van der Waals surface area contributed by atoms with Crippen LogP contribution in [-0.2, 0) is 16.0 Å². The summed E-state index contributed by atoms with van der Waals surface area (Å²) in [6.45, 7) is 5.50. The number of nitrogens with one attached hydrogen (secondary N) is 2. The highest BCUT2D eigenvalue weighted by Gasteiger charge is 2.27. The molecule has 3 aliphatic rings. The third-order valence-electron chi connectivity index (χ3n) is 7.42. The third kappa shape index (κ3) is 5.62. The maximum Gasteiger partial charge on any atom is 0.309 e. The van der Waals surface area contributed by atoms with Crippen molar-refractivity contribution in [2.75, 3.05) is 58.3 Å². The van der Waals surface area contributed by atoms with E-state index in [4.69, 9.17) is 0 Å². The molecule has 1 aromatic rings. The monoisotopic (exact) mass is 441 g/mol. The lowest BCUT2D eigenvalue weighted by Gasteiger charge is -2.39. The average Bonchev–Trinajstić information content (AvgIpc) is 2.81. The molecule has 7 heteroatoms. The fourth-order valence-corrected chi connectivity index (χ4v) is 5.37. The summed E-state index contributed by atoms with van der Waals surface area (Å²) in [6, 6.07) is 6.98. The summed E-state index contributed by atoms with van der Waals surface area (Å²) >= 11 is 0. The highest BCUT2D eigenvalue weighted by Crippen LogP contribution is 2.31. The Hall–Kier alpha value is -2.12. The van der Waals surface area contributed by atoms with Gasteiger partial charge < -0.3 is 20.4 Å². The minimum Gasteiger partial charge on any atom is -0.374 e. The van der Waals surface area contributed by atoms with Gasteiger partial charge in [-0.25, -0.2) is 0 Å². The maximum atomic E-state index is 12.6. The molecular weight excluding hydrogens is 402 g/mol. The number of anilines is 1. The maximum absolute atomic E-state index is 12.6. The molecule has 2 aliphatic heterocycles. The fraction of sp³-hybridized carbons (Fsp3) is 0.680. The first-order valence-electron chi connectivity index (χ1n) is 12.4. The highest BCUT2D eigenvalue weighted by atomic mass is 16.2. The van der Waals surface area contributed by atoms with Crippen molar-refractivity contribution in [3.63, 3.8) is 0 Å². The molecule has 176 valence electrons. The van der Waals surface area contributed by atoms with E-state index >= 15 is 0 Å². The van der Waals surface area contributed by atoms with Gasteiger partial charge in [-0.3, -0.25) is 14.5 Å². The molecule has 0 radical (unpaired) electrons. The quantitative estimate of drug-likeness (QED) is 0.684. The van der Waals surface area contributed by atoms with Gasteiger partial charge in [-0.05, 0) is 49.9 Å². The van der Waals surface area contributed by atoms with Gasteiger partial charge in [0.15, 0.2) is 0 Å². The molecule has 2 amide bonds. The van der Waals surface area contributed by atoms with Crippen molar-refractivity contribution in [3.05, 3.63) is 29.3 Å².